The first-order chi connectivity index (χ1) is 10.6. The molecule has 1 rings (SSSR count). The number of nitrogens with two attached hydrogens (primary N) is 1. The molecule has 1 aromatic carbocycles. The first-order valence-electron chi connectivity index (χ1n) is 7.22. The molecule has 0 spiro atoms. The van der Waals surface area contributed by atoms with Crippen molar-refractivity contribution in [1.82, 2.24) is 5.32 Å². The molecule has 2 amide bonds. The first-order valence-corrected chi connectivity index (χ1v) is 7.22. The van der Waals surface area contributed by atoms with Crippen molar-refractivity contribution in [3.05, 3.63) is 29.8 Å². The largest absolute Gasteiger partial charge is 0.497 e. The van der Waals surface area contributed by atoms with E-state index in [1.54, 1.807) is 52.1 Å². The summed E-state index contributed by atoms with van der Waals surface area (Å²) in [4.78, 5) is 23.1. The highest BCUT2D eigenvalue weighted by Gasteiger charge is 2.28. The molecule has 7 nitrogen and oxygen atoms in total. The van der Waals surface area contributed by atoms with Gasteiger partial charge >= 0.3 is 6.09 Å². The number of carbonyl (C=O) groups excluding carboxylic acids is 2. The zero-order chi connectivity index (χ0) is 17.6. The molecule has 1 unspecified atom stereocenters. The highest BCUT2D eigenvalue weighted by Crippen LogP contribution is 2.14. The van der Waals surface area contributed by atoms with Gasteiger partial charge in [-0.2, -0.15) is 0 Å². The van der Waals surface area contributed by atoms with Crippen LogP contribution in [-0.2, 0) is 16.0 Å². The van der Waals surface area contributed by atoms with Crippen LogP contribution in [0.15, 0.2) is 24.3 Å². The molecule has 0 saturated carbocycles. The predicted molar refractivity (Wildman–Crippen MR) is 85.1 cm³/mol. The number of carbonyl (C=O) groups is 2. The molecule has 0 aliphatic carbocycles. The minimum atomic E-state index is -1.52. The van der Waals surface area contributed by atoms with Crippen LogP contribution < -0.4 is 15.8 Å². The second-order valence-corrected chi connectivity index (χ2v) is 6.15. The average molecular weight is 324 g/mol. The number of aliphatic hydroxyl groups excluding tert-OH is 1. The summed E-state index contributed by atoms with van der Waals surface area (Å²) in [5, 5.41) is 12.4. The lowest BCUT2D eigenvalue weighted by Gasteiger charge is -2.25. The van der Waals surface area contributed by atoms with Crippen molar-refractivity contribution in [3.8, 4) is 5.75 Å². The van der Waals surface area contributed by atoms with Crippen molar-refractivity contribution >= 4 is 12.0 Å². The quantitative estimate of drug-likeness (QED) is 0.722. The Kier molecular flexibility index (Phi) is 6.38. The van der Waals surface area contributed by atoms with Crippen LogP contribution in [0.1, 0.15) is 26.3 Å². The highest BCUT2D eigenvalue weighted by atomic mass is 16.6. The topological polar surface area (TPSA) is 111 Å². The fraction of sp³-hybridized carbons (Fsp3) is 0.500. The molecule has 0 aromatic heterocycles. The third kappa shape index (κ3) is 6.56. The summed E-state index contributed by atoms with van der Waals surface area (Å²) in [6.45, 7) is 5.15. The molecule has 2 atom stereocenters. The van der Waals surface area contributed by atoms with E-state index in [1.807, 2.05) is 0 Å². The van der Waals surface area contributed by atoms with E-state index in [2.05, 4.69) is 5.32 Å². The van der Waals surface area contributed by atoms with Gasteiger partial charge in [0.25, 0.3) is 0 Å². The average Bonchev–Trinajstić information content (AvgIpc) is 2.44. The van der Waals surface area contributed by atoms with Crippen molar-refractivity contribution < 1.29 is 24.2 Å². The van der Waals surface area contributed by atoms with Crippen LogP contribution in [0.4, 0.5) is 4.79 Å². The van der Waals surface area contributed by atoms with E-state index in [9.17, 15) is 14.7 Å². The standard InChI is InChI=1S/C16H24N2O5/c1-16(2,3)23-15(21)18-12(13(19)14(17)20)9-10-5-7-11(22-4)8-6-10/h5-8,12-13,19H,9H2,1-4H3,(H2,17,20)(H,18,21)/t12-,13?/m0/s1. The van der Waals surface area contributed by atoms with Crippen molar-refractivity contribution in [3.63, 3.8) is 0 Å². The third-order valence-electron chi connectivity index (χ3n) is 2.99. The Balaban J connectivity index is 2.83. The molecule has 0 aliphatic heterocycles. The Morgan fingerprint density at radius 1 is 1.26 bits per heavy atom. The van der Waals surface area contributed by atoms with E-state index < -0.39 is 29.7 Å². The summed E-state index contributed by atoms with van der Waals surface area (Å²) in [6, 6.07) is 6.15. The third-order valence-corrected chi connectivity index (χ3v) is 2.99. The Morgan fingerprint density at radius 3 is 2.26 bits per heavy atom. The van der Waals surface area contributed by atoms with Gasteiger partial charge in [0.05, 0.1) is 13.2 Å². The smallest absolute Gasteiger partial charge is 0.407 e. The molecule has 0 fully saturated rings. The van der Waals surface area contributed by atoms with Crippen LogP contribution in [0.3, 0.4) is 0 Å². The zero-order valence-corrected chi connectivity index (χ0v) is 13.8. The van der Waals surface area contributed by atoms with Crippen LogP contribution in [0.25, 0.3) is 0 Å². The number of alkyl carbamates (subject to hydrolysis) is 1. The summed E-state index contributed by atoms with van der Waals surface area (Å²) in [7, 11) is 1.55. The highest BCUT2D eigenvalue weighted by molar-refractivity contribution is 5.80. The summed E-state index contributed by atoms with van der Waals surface area (Å²) in [5.74, 6) is -0.236. The van der Waals surface area contributed by atoms with Gasteiger partial charge in [-0.3, -0.25) is 4.79 Å². The van der Waals surface area contributed by atoms with Crippen LogP contribution >= 0.6 is 0 Å². The lowest BCUT2D eigenvalue weighted by Crippen LogP contribution is -2.51. The fourth-order valence-electron chi connectivity index (χ4n) is 1.91. The number of hydrogen-bond donors (Lipinski definition) is 3. The normalized spacial score (nSPS) is 13.8. The van der Waals surface area contributed by atoms with Gasteiger partial charge in [-0.25, -0.2) is 4.79 Å². The Hall–Kier alpha value is -2.28. The number of methoxy groups -OCH3 is 1. The summed E-state index contributed by atoms with van der Waals surface area (Å²) in [6.07, 6.45) is -2.03. The van der Waals surface area contributed by atoms with E-state index in [0.29, 0.717) is 5.75 Å². The molecule has 23 heavy (non-hydrogen) atoms. The van der Waals surface area contributed by atoms with E-state index >= 15 is 0 Å². The summed E-state index contributed by atoms with van der Waals surface area (Å²) >= 11 is 0. The van der Waals surface area contributed by atoms with E-state index in [1.165, 1.54) is 0 Å². The molecule has 0 heterocycles. The van der Waals surface area contributed by atoms with Gasteiger partial charge in [0, 0.05) is 0 Å². The maximum atomic E-state index is 11.9. The predicted octanol–water partition coefficient (Wildman–Crippen LogP) is 0.977. The van der Waals surface area contributed by atoms with Crippen molar-refractivity contribution in [2.75, 3.05) is 7.11 Å². The van der Waals surface area contributed by atoms with Crippen molar-refractivity contribution in [2.45, 2.75) is 44.9 Å². The van der Waals surface area contributed by atoms with Crippen LogP contribution in [-0.4, -0.2) is 42.0 Å². The Morgan fingerprint density at radius 2 is 1.83 bits per heavy atom. The van der Waals surface area contributed by atoms with Crippen LogP contribution in [0.5, 0.6) is 5.75 Å². The maximum Gasteiger partial charge on any atom is 0.407 e. The molecule has 0 radical (unpaired) electrons. The van der Waals surface area contributed by atoms with Gasteiger partial charge in [-0.05, 0) is 44.9 Å². The number of ether oxygens (including phenoxy) is 2. The van der Waals surface area contributed by atoms with Gasteiger partial charge in [0.1, 0.15) is 11.4 Å². The van der Waals surface area contributed by atoms with Crippen molar-refractivity contribution in [1.29, 1.82) is 0 Å². The minimum Gasteiger partial charge on any atom is -0.497 e. The number of rotatable bonds is 6. The number of amides is 2. The molecule has 0 saturated heterocycles. The second-order valence-electron chi connectivity index (χ2n) is 6.15. The van der Waals surface area contributed by atoms with E-state index in [-0.39, 0.29) is 6.42 Å². The van der Waals surface area contributed by atoms with Gasteiger partial charge in [0.15, 0.2) is 6.10 Å². The lowest BCUT2D eigenvalue weighted by atomic mass is 10.0. The van der Waals surface area contributed by atoms with Crippen LogP contribution in [0, 0.1) is 0 Å². The minimum absolute atomic E-state index is 0.216. The number of hydrogen-bond acceptors (Lipinski definition) is 5. The van der Waals surface area contributed by atoms with Gasteiger partial charge in [-0.1, -0.05) is 12.1 Å². The Labute approximate surface area is 135 Å². The molecule has 4 N–H and O–H groups in total. The van der Waals surface area contributed by atoms with Gasteiger partial charge in [0.2, 0.25) is 5.91 Å². The SMILES string of the molecule is COc1ccc(C[C@H](NC(=O)OC(C)(C)C)C(O)C(N)=O)cc1. The van der Waals surface area contributed by atoms with E-state index in [4.69, 9.17) is 15.2 Å². The number of nitrogens with one attached hydrogen (secondary N) is 1. The molecule has 1 aromatic rings. The summed E-state index contributed by atoms with van der Waals surface area (Å²) < 4.78 is 10.2. The molecular weight excluding hydrogens is 300 g/mol. The first kappa shape index (κ1) is 18.8. The van der Waals surface area contributed by atoms with Gasteiger partial charge < -0.3 is 25.6 Å². The molecule has 128 valence electrons. The second kappa shape index (κ2) is 7.82. The molecule has 0 bridgehead atoms. The monoisotopic (exact) mass is 324 g/mol. The van der Waals surface area contributed by atoms with E-state index in [0.717, 1.165) is 5.56 Å². The number of aliphatic hydroxyl groups is 1. The lowest BCUT2D eigenvalue weighted by molar-refractivity contribution is -0.127. The number of primary amides is 1. The molecule has 0 aliphatic rings. The summed E-state index contributed by atoms with van der Waals surface area (Å²) in [5.41, 5.74) is 5.25. The molecule has 7 heteroatoms. The van der Waals surface area contributed by atoms with Crippen LogP contribution in [0.2, 0.25) is 0 Å². The maximum absolute atomic E-state index is 11.9. The number of benzene rings is 1. The zero-order valence-electron chi connectivity index (χ0n) is 13.8. The molecular formula is C16H24N2O5. The Bertz CT molecular complexity index is 536. The van der Waals surface area contributed by atoms with Gasteiger partial charge in [-0.15, -0.1) is 0 Å². The van der Waals surface area contributed by atoms with Crippen molar-refractivity contribution in [2.24, 2.45) is 5.73 Å². The fourth-order valence-corrected chi connectivity index (χ4v) is 1.91.